The van der Waals surface area contributed by atoms with Crippen LogP contribution < -0.4 is 4.90 Å². The average Bonchev–Trinajstić information content (AvgIpc) is 2.81. The maximum absolute atomic E-state index is 11.7. The van der Waals surface area contributed by atoms with Crippen molar-refractivity contribution in [2.75, 3.05) is 31.7 Å². The zero-order valence-electron chi connectivity index (χ0n) is 12.3. The largest absolute Gasteiger partial charge is 0.467 e. The first kappa shape index (κ1) is 14.2. The molecule has 0 aromatic carbocycles. The number of ether oxygens (including phenoxy) is 2. The van der Waals surface area contributed by atoms with E-state index in [0.29, 0.717) is 19.7 Å². The number of carbonyl (C=O) groups is 1. The Hall–Kier alpha value is -1.73. The molecule has 1 aliphatic rings. The Morgan fingerprint density at radius 2 is 2.29 bits per heavy atom. The summed E-state index contributed by atoms with van der Waals surface area (Å²) in [5.74, 6) is 0.530. The van der Waals surface area contributed by atoms with Gasteiger partial charge in [0.15, 0.2) is 6.10 Å². The summed E-state index contributed by atoms with van der Waals surface area (Å²) in [6.45, 7) is 5.80. The Labute approximate surface area is 126 Å². The summed E-state index contributed by atoms with van der Waals surface area (Å²) in [6.07, 6.45) is 1.02. The molecule has 2 aromatic rings. The van der Waals surface area contributed by atoms with E-state index in [9.17, 15) is 4.79 Å². The van der Waals surface area contributed by atoms with Crippen LogP contribution in [0.15, 0.2) is 6.33 Å². The maximum atomic E-state index is 11.7. The summed E-state index contributed by atoms with van der Waals surface area (Å²) in [6, 6.07) is 0. The van der Waals surface area contributed by atoms with E-state index in [-0.39, 0.29) is 5.97 Å². The van der Waals surface area contributed by atoms with Crippen LogP contribution in [0.1, 0.15) is 10.4 Å². The molecule has 1 fully saturated rings. The smallest absolute Gasteiger partial charge is 0.336 e. The molecule has 3 heterocycles. The lowest BCUT2D eigenvalue weighted by molar-refractivity contribution is -0.154. The number of rotatable bonds is 2. The number of nitrogens with zero attached hydrogens (tertiary/aromatic N) is 3. The molecule has 21 heavy (non-hydrogen) atoms. The molecule has 0 bridgehead atoms. The third-order valence-electron chi connectivity index (χ3n) is 3.78. The first-order valence-electron chi connectivity index (χ1n) is 6.77. The minimum absolute atomic E-state index is 0.344. The molecule has 112 valence electrons. The number of morpholine rings is 1. The van der Waals surface area contributed by atoms with Gasteiger partial charge in [0, 0.05) is 11.4 Å². The molecule has 0 N–H and O–H groups in total. The topological polar surface area (TPSA) is 64.5 Å². The van der Waals surface area contributed by atoms with Crippen molar-refractivity contribution in [2.24, 2.45) is 0 Å². The van der Waals surface area contributed by atoms with Crippen molar-refractivity contribution < 1.29 is 14.3 Å². The fraction of sp³-hybridized carbons (Fsp3) is 0.500. The molecule has 0 spiro atoms. The Morgan fingerprint density at radius 1 is 1.48 bits per heavy atom. The molecule has 1 atom stereocenters. The van der Waals surface area contributed by atoms with Crippen LogP contribution in [0.4, 0.5) is 5.82 Å². The third-order valence-corrected chi connectivity index (χ3v) is 4.89. The van der Waals surface area contributed by atoms with Gasteiger partial charge in [-0.2, -0.15) is 0 Å². The molecular formula is C14H17N3O3S. The van der Waals surface area contributed by atoms with E-state index in [0.717, 1.165) is 16.0 Å². The minimum Gasteiger partial charge on any atom is -0.467 e. The summed E-state index contributed by atoms with van der Waals surface area (Å²) >= 11 is 1.67. The van der Waals surface area contributed by atoms with Crippen molar-refractivity contribution in [3.8, 4) is 0 Å². The van der Waals surface area contributed by atoms with E-state index < -0.39 is 6.10 Å². The van der Waals surface area contributed by atoms with Crippen LogP contribution in [0.2, 0.25) is 0 Å². The van der Waals surface area contributed by atoms with Gasteiger partial charge in [0.2, 0.25) is 0 Å². The van der Waals surface area contributed by atoms with Gasteiger partial charge in [-0.25, -0.2) is 14.8 Å². The Kier molecular flexibility index (Phi) is 3.77. The molecule has 6 nitrogen and oxygen atoms in total. The van der Waals surface area contributed by atoms with Gasteiger partial charge in [-0.05, 0) is 19.4 Å². The number of hydrogen-bond acceptors (Lipinski definition) is 7. The van der Waals surface area contributed by atoms with Crippen molar-refractivity contribution in [3.63, 3.8) is 0 Å². The fourth-order valence-corrected chi connectivity index (χ4v) is 3.51. The highest BCUT2D eigenvalue weighted by Gasteiger charge is 2.29. The molecule has 0 saturated carbocycles. The Bertz CT molecular complexity index is 685. The summed E-state index contributed by atoms with van der Waals surface area (Å²) < 4.78 is 10.2. The van der Waals surface area contributed by atoms with Gasteiger partial charge in [0.1, 0.15) is 17.0 Å². The number of esters is 1. The molecule has 1 unspecified atom stereocenters. The van der Waals surface area contributed by atoms with E-state index in [4.69, 9.17) is 9.47 Å². The van der Waals surface area contributed by atoms with Gasteiger partial charge in [-0.15, -0.1) is 11.3 Å². The average molecular weight is 307 g/mol. The van der Waals surface area contributed by atoms with Gasteiger partial charge >= 0.3 is 5.97 Å². The number of carbonyl (C=O) groups excluding carboxylic acids is 1. The first-order chi connectivity index (χ1) is 10.1. The number of anilines is 1. The van der Waals surface area contributed by atoms with Gasteiger partial charge in [0.25, 0.3) is 0 Å². The molecular weight excluding hydrogens is 290 g/mol. The highest BCUT2D eigenvalue weighted by atomic mass is 32.1. The van der Waals surface area contributed by atoms with Crippen LogP contribution >= 0.6 is 11.3 Å². The lowest BCUT2D eigenvalue weighted by Gasteiger charge is -2.32. The maximum Gasteiger partial charge on any atom is 0.336 e. The van der Waals surface area contributed by atoms with E-state index >= 15 is 0 Å². The normalized spacial score (nSPS) is 19.0. The van der Waals surface area contributed by atoms with Crippen LogP contribution in [0.3, 0.4) is 0 Å². The van der Waals surface area contributed by atoms with Crippen LogP contribution in [-0.2, 0) is 14.3 Å². The number of methoxy groups -OCH3 is 1. The van der Waals surface area contributed by atoms with E-state index in [1.54, 1.807) is 17.7 Å². The van der Waals surface area contributed by atoms with E-state index in [1.807, 2.05) is 0 Å². The van der Waals surface area contributed by atoms with Crippen molar-refractivity contribution in [2.45, 2.75) is 20.0 Å². The molecule has 0 radical (unpaired) electrons. The zero-order valence-corrected chi connectivity index (χ0v) is 13.1. The van der Waals surface area contributed by atoms with Gasteiger partial charge in [-0.3, -0.25) is 0 Å². The number of aryl methyl sites for hydroxylation is 2. The van der Waals surface area contributed by atoms with Gasteiger partial charge in [0.05, 0.1) is 25.6 Å². The van der Waals surface area contributed by atoms with Crippen LogP contribution in [0.25, 0.3) is 10.2 Å². The predicted octanol–water partition coefficient (Wildman–Crippen LogP) is 1.69. The molecule has 0 amide bonds. The molecule has 3 rings (SSSR count). The second-order valence-corrected chi connectivity index (χ2v) is 6.19. The second kappa shape index (κ2) is 5.57. The SMILES string of the molecule is COC(=O)C1CN(c2ncnc3sc(C)c(C)c23)CCO1. The number of hydrogen-bond donors (Lipinski definition) is 0. The standard InChI is InChI=1S/C14H17N3O3S/c1-8-9(2)21-13-11(8)12(15-7-16-13)17-4-5-20-10(6-17)14(18)19-3/h7,10H,4-6H2,1-3H3. The fourth-order valence-electron chi connectivity index (χ4n) is 2.52. The Morgan fingerprint density at radius 3 is 3.05 bits per heavy atom. The molecule has 7 heteroatoms. The second-order valence-electron chi connectivity index (χ2n) is 4.99. The quantitative estimate of drug-likeness (QED) is 0.787. The highest BCUT2D eigenvalue weighted by molar-refractivity contribution is 7.18. The summed E-state index contributed by atoms with van der Waals surface area (Å²) in [5.41, 5.74) is 1.20. The lowest BCUT2D eigenvalue weighted by atomic mass is 10.2. The summed E-state index contributed by atoms with van der Waals surface area (Å²) in [5, 5.41) is 1.07. The van der Waals surface area contributed by atoms with Crippen LogP contribution in [0, 0.1) is 13.8 Å². The van der Waals surface area contributed by atoms with Gasteiger partial charge in [-0.1, -0.05) is 0 Å². The number of fused-ring (bicyclic) bond motifs is 1. The molecule has 1 saturated heterocycles. The van der Waals surface area contributed by atoms with Crippen molar-refractivity contribution in [3.05, 3.63) is 16.8 Å². The van der Waals surface area contributed by atoms with Crippen LogP contribution in [0.5, 0.6) is 0 Å². The van der Waals surface area contributed by atoms with Crippen molar-refractivity contribution in [1.29, 1.82) is 0 Å². The predicted molar refractivity (Wildman–Crippen MR) is 80.9 cm³/mol. The number of aromatic nitrogens is 2. The first-order valence-corrected chi connectivity index (χ1v) is 7.58. The van der Waals surface area contributed by atoms with Crippen molar-refractivity contribution >= 4 is 33.3 Å². The Balaban J connectivity index is 1.98. The molecule has 1 aliphatic heterocycles. The van der Waals surface area contributed by atoms with Gasteiger partial charge < -0.3 is 14.4 Å². The molecule has 0 aliphatic carbocycles. The van der Waals surface area contributed by atoms with Crippen molar-refractivity contribution in [1.82, 2.24) is 9.97 Å². The van der Waals surface area contributed by atoms with Crippen LogP contribution in [-0.4, -0.2) is 48.8 Å². The highest BCUT2D eigenvalue weighted by Crippen LogP contribution is 2.34. The number of thiophene rings is 1. The minimum atomic E-state index is -0.561. The lowest BCUT2D eigenvalue weighted by Crippen LogP contribution is -2.47. The summed E-state index contributed by atoms with van der Waals surface area (Å²) in [4.78, 5) is 24.8. The van der Waals surface area contributed by atoms with E-state index in [1.165, 1.54) is 17.6 Å². The van der Waals surface area contributed by atoms with E-state index in [2.05, 4.69) is 28.7 Å². The monoisotopic (exact) mass is 307 g/mol. The zero-order chi connectivity index (χ0) is 15.0. The third kappa shape index (κ3) is 2.47. The molecule has 2 aromatic heterocycles. The summed E-state index contributed by atoms with van der Waals surface area (Å²) in [7, 11) is 1.37.